The smallest absolute Gasteiger partial charge is 0.270 e. The van der Waals surface area contributed by atoms with Crippen molar-refractivity contribution in [3.8, 4) is 0 Å². The summed E-state index contributed by atoms with van der Waals surface area (Å²) in [6.45, 7) is -0.549. The molecule has 13 heavy (non-hydrogen) atoms. The second-order valence-electron chi connectivity index (χ2n) is 2.29. The maximum absolute atomic E-state index is 11.7. The van der Waals surface area contributed by atoms with E-state index < -0.39 is 6.67 Å². The summed E-state index contributed by atoms with van der Waals surface area (Å²) >= 11 is 3.13. The molecule has 0 radical (unpaired) electrons. The third-order valence-electron chi connectivity index (χ3n) is 1.33. The van der Waals surface area contributed by atoms with Crippen molar-refractivity contribution in [1.29, 1.82) is 0 Å². The zero-order chi connectivity index (χ0) is 9.68. The first kappa shape index (κ1) is 10.1. The number of pyridine rings is 1. The van der Waals surface area contributed by atoms with Crippen LogP contribution in [0.3, 0.4) is 0 Å². The Morgan fingerprint density at radius 2 is 2.38 bits per heavy atom. The average Bonchev–Trinajstić information content (AvgIpc) is 2.14. The number of rotatable bonds is 3. The maximum atomic E-state index is 11.7. The molecule has 0 saturated carbocycles. The van der Waals surface area contributed by atoms with E-state index >= 15 is 0 Å². The van der Waals surface area contributed by atoms with Gasteiger partial charge in [0.05, 0.1) is 0 Å². The van der Waals surface area contributed by atoms with Crippen molar-refractivity contribution < 1.29 is 9.18 Å². The molecule has 70 valence electrons. The minimum Gasteiger partial charge on any atom is -0.348 e. The van der Waals surface area contributed by atoms with Crippen molar-refractivity contribution in [2.45, 2.75) is 0 Å². The third-order valence-corrected chi connectivity index (χ3v) is 1.77. The van der Waals surface area contributed by atoms with E-state index in [4.69, 9.17) is 0 Å². The summed E-state index contributed by atoms with van der Waals surface area (Å²) in [7, 11) is 0. The Hall–Kier alpha value is -0.970. The molecule has 1 N–H and O–H groups in total. The molecule has 3 nitrogen and oxygen atoms in total. The quantitative estimate of drug-likeness (QED) is 0.823. The van der Waals surface area contributed by atoms with Gasteiger partial charge in [-0.1, -0.05) is 6.07 Å². The first-order valence-corrected chi connectivity index (χ1v) is 4.50. The van der Waals surface area contributed by atoms with Gasteiger partial charge in [-0.2, -0.15) is 0 Å². The Morgan fingerprint density at radius 1 is 1.62 bits per heavy atom. The van der Waals surface area contributed by atoms with Crippen molar-refractivity contribution in [2.75, 3.05) is 13.2 Å². The van der Waals surface area contributed by atoms with Gasteiger partial charge in [0.15, 0.2) is 0 Å². The second kappa shape index (κ2) is 4.91. The van der Waals surface area contributed by atoms with Crippen molar-refractivity contribution in [3.63, 3.8) is 0 Å². The van der Waals surface area contributed by atoms with E-state index in [1.807, 2.05) is 0 Å². The van der Waals surface area contributed by atoms with Gasteiger partial charge in [0, 0.05) is 6.54 Å². The van der Waals surface area contributed by atoms with Gasteiger partial charge < -0.3 is 5.32 Å². The van der Waals surface area contributed by atoms with E-state index in [9.17, 15) is 9.18 Å². The van der Waals surface area contributed by atoms with E-state index in [-0.39, 0.29) is 18.1 Å². The highest BCUT2D eigenvalue weighted by atomic mass is 79.9. The number of hydrogen-bond acceptors (Lipinski definition) is 2. The van der Waals surface area contributed by atoms with Gasteiger partial charge in [0.1, 0.15) is 17.0 Å². The first-order valence-electron chi connectivity index (χ1n) is 3.71. The number of alkyl halides is 1. The van der Waals surface area contributed by atoms with Crippen molar-refractivity contribution >= 4 is 21.8 Å². The summed E-state index contributed by atoms with van der Waals surface area (Å²) in [6.07, 6.45) is 0. The zero-order valence-electron chi connectivity index (χ0n) is 6.76. The SMILES string of the molecule is O=C(NCCF)c1cccc(Br)n1. The lowest BCUT2D eigenvalue weighted by Crippen LogP contribution is -2.26. The van der Waals surface area contributed by atoms with Crippen LogP contribution < -0.4 is 5.32 Å². The fraction of sp³-hybridized carbons (Fsp3) is 0.250. The highest BCUT2D eigenvalue weighted by Crippen LogP contribution is 2.05. The van der Waals surface area contributed by atoms with Crippen LogP contribution in [-0.4, -0.2) is 24.1 Å². The molecule has 0 saturated heterocycles. The number of nitrogens with zero attached hydrogens (tertiary/aromatic N) is 1. The Bertz CT molecular complexity index is 306. The Labute approximate surface area is 83.5 Å². The van der Waals surface area contributed by atoms with Gasteiger partial charge in [-0.15, -0.1) is 0 Å². The second-order valence-corrected chi connectivity index (χ2v) is 3.10. The molecule has 0 spiro atoms. The summed E-state index contributed by atoms with van der Waals surface area (Å²) in [4.78, 5) is 15.1. The topological polar surface area (TPSA) is 42.0 Å². The van der Waals surface area contributed by atoms with Crippen LogP contribution in [0, 0.1) is 0 Å². The van der Waals surface area contributed by atoms with Crippen LogP contribution in [0.1, 0.15) is 10.5 Å². The molecule has 5 heteroatoms. The molecular weight excluding hydrogens is 239 g/mol. The molecule has 1 aromatic rings. The number of amides is 1. The first-order chi connectivity index (χ1) is 6.24. The average molecular weight is 247 g/mol. The molecule has 0 bridgehead atoms. The van der Waals surface area contributed by atoms with E-state index in [2.05, 4.69) is 26.2 Å². The van der Waals surface area contributed by atoms with Crippen LogP contribution in [0.25, 0.3) is 0 Å². The van der Waals surface area contributed by atoms with E-state index in [0.717, 1.165) is 0 Å². The molecule has 0 unspecified atom stereocenters. The number of nitrogens with one attached hydrogen (secondary N) is 1. The summed E-state index contributed by atoms with van der Waals surface area (Å²) in [6, 6.07) is 4.98. The lowest BCUT2D eigenvalue weighted by atomic mass is 10.3. The van der Waals surface area contributed by atoms with Crippen LogP contribution in [0.2, 0.25) is 0 Å². The summed E-state index contributed by atoms with van der Waals surface area (Å²) in [5, 5.41) is 2.38. The number of hydrogen-bond donors (Lipinski definition) is 1. The Kier molecular flexibility index (Phi) is 3.82. The van der Waals surface area contributed by atoms with Gasteiger partial charge in [0.2, 0.25) is 0 Å². The predicted molar refractivity (Wildman–Crippen MR) is 50.2 cm³/mol. The number of halogens is 2. The Balaban J connectivity index is 2.66. The van der Waals surface area contributed by atoms with Crippen molar-refractivity contribution in [3.05, 3.63) is 28.5 Å². The molecule has 1 rings (SSSR count). The molecule has 0 aliphatic carbocycles. The molecule has 0 aliphatic rings. The zero-order valence-corrected chi connectivity index (χ0v) is 8.34. The van der Waals surface area contributed by atoms with Crippen LogP contribution in [0.5, 0.6) is 0 Å². The minimum atomic E-state index is -0.570. The minimum absolute atomic E-state index is 0.0209. The predicted octanol–water partition coefficient (Wildman–Crippen LogP) is 1.54. The van der Waals surface area contributed by atoms with Crippen LogP contribution >= 0.6 is 15.9 Å². The molecule has 0 atom stereocenters. The monoisotopic (exact) mass is 246 g/mol. The standard InChI is InChI=1S/C8H8BrFN2O/c9-7-3-1-2-6(12-7)8(13)11-5-4-10/h1-3H,4-5H2,(H,11,13). The van der Waals surface area contributed by atoms with Crippen molar-refractivity contribution in [1.82, 2.24) is 10.3 Å². The summed E-state index contributed by atoms with van der Waals surface area (Å²) < 4.78 is 12.3. The van der Waals surface area contributed by atoms with E-state index in [1.165, 1.54) is 0 Å². The van der Waals surface area contributed by atoms with Crippen LogP contribution in [0.4, 0.5) is 4.39 Å². The normalized spacial score (nSPS) is 9.69. The number of carbonyl (C=O) groups excluding carboxylic acids is 1. The molecule has 0 fully saturated rings. The molecule has 1 amide bonds. The summed E-state index contributed by atoms with van der Waals surface area (Å²) in [5.41, 5.74) is 0.280. The fourth-order valence-corrected chi connectivity index (χ4v) is 1.13. The molecule has 0 aliphatic heterocycles. The van der Waals surface area contributed by atoms with Crippen LogP contribution in [-0.2, 0) is 0 Å². The molecule has 1 heterocycles. The maximum Gasteiger partial charge on any atom is 0.270 e. The van der Waals surface area contributed by atoms with Gasteiger partial charge in [-0.05, 0) is 28.1 Å². The lowest BCUT2D eigenvalue weighted by Gasteiger charge is -2.01. The third kappa shape index (κ3) is 3.10. The molecule has 1 aromatic heterocycles. The number of aromatic nitrogens is 1. The highest BCUT2D eigenvalue weighted by molar-refractivity contribution is 9.10. The lowest BCUT2D eigenvalue weighted by molar-refractivity contribution is 0.0945. The van der Waals surface area contributed by atoms with Gasteiger partial charge in [0.25, 0.3) is 5.91 Å². The van der Waals surface area contributed by atoms with E-state index in [0.29, 0.717) is 4.60 Å². The van der Waals surface area contributed by atoms with E-state index in [1.54, 1.807) is 18.2 Å². The van der Waals surface area contributed by atoms with Crippen molar-refractivity contribution in [2.24, 2.45) is 0 Å². The van der Waals surface area contributed by atoms with Gasteiger partial charge in [-0.25, -0.2) is 9.37 Å². The fourth-order valence-electron chi connectivity index (χ4n) is 0.786. The van der Waals surface area contributed by atoms with Crippen LogP contribution in [0.15, 0.2) is 22.8 Å². The van der Waals surface area contributed by atoms with Gasteiger partial charge >= 0.3 is 0 Å². The Morgan fingerprint density at radius 3 is 3.00 bits per heavy atom. The molecular formula is C8H8BrFN2O. The largest absolute Gasteiger partial charge is 0.348 e. The highest BCUT2D eigenvalue weighted by Gasteiger charge is 2.05. The number of carbonyl (C=O) groups is 1. The molecule has 0 aromatic carbocycles. The summed E-state index contributed by atoms with van der Waals surface area (Å²) in [5.74, 6) is -0.362. The van der Waals surface area contributed by atoms with Gasteiger partial charge in [-0.3, -0.25) is 4.79 Å².